The molecular formula is C6H15N3. The van der Waals surface area contributed by atoms with E-state index in [-0.39, 0.29) is 6.04 Å². The molecule has 1 N–H and O–H groups in total. The van der Waals surface area contributed by atoms with Crippen LogP contribution < -0.4 is 5.43 Å². The van der Waals surface area contributed by atoms with E-state index in [0.717, 1.165) is 0 Å². The molecule has 0 aliphatic carbocycles. The standard InChI is InChI=1S/C6H15N3/c1-5(2)7-9-8-6(3)4/h5-6H,1-4H3,(H,7,8). The minimum absolute atomic E-state index is 0.288. The van der Waals surface area contributed by atoms with Crippen molar-refractivity contribution >= 4 is 0 Å². The molecule has 0 heterocycles. The van der Waals surface area contributed by atoms with E-state index in [1.54, 1.807) is 0 Å². The first kappa shape index (κ1) is 8.40. The van der Waals surface area contributed by atoms with Crippen LogP contribution in [0, 0.1) is 0 Å². The minimum atomic E-state index is 0.288. The third-order valence-electron chi connectivity index (χ3n) is 0.605. The second kappa shape index (κ2) is 4.30. The van der Waals surface area contributed by atoms with Crippen molar-refractivity contribution in [2.75, 3.05) is 0 Å². The molecule has 0 saturated heterocycles. The van der Waals surface area contributed by atoms with Crippen molar-refractivity contribution in [2.45, 2.75) is 39.8 Å². The molecule has 0 radical (unpaired) electrons. The van der Waals surface area contributed by atoms with Gasteiger partial charge in [-0.2, -0.15) is 5.11 Å². The fraction of sp³-hybridized carbons (Fsp3) is 1.00. The van der Waals surface area contributed by atoms with Gasteiger partial charge in [-0.05, 0) is 27.7 Å². The van der Waals surface area contributed by atoms with Crippen LogP contribution in [-0.2, 0) is 0 Å². The van der Waals surface area contributed by atoms with Crippen molar-refractivity contribution < 1.29 is 0 Å². The Kier molecular flexibility index (Phi) is 4.01. The molecule has 0 unspecified atom stereocenters. The number of nitrogens with one attached hydrogen (secondary N) is 1. The van der Waals surface area contributed by atoms with Crippen LogP contribution in [0.3, 0.4) is 0 Å². The van der Waals surface area contributed by atoms with Gasteiger partial charge in [0.1, 0.15) is 0 Å². The van der Waals surface area contributed by atoms with Gasteiger partial charge in [-0.1, -0.05) is 5.22 Å². The fourth-order valence-corrected chi connectivity index (χ4v) is 0.264. The Balaban J connectivity index is 3.25. The van der Waals surface area contributed by atoms with Gasteiger partial charge in [0.2, 0.25) is 0 Å². The second-order valence-corrected chi connectivity index (χ2v) is 2.59. The summed E-state index contributed by atoms with van der Waals surface area (Å²) in [5, 5.41) is 7.62. The quantitative estimate of drug-likeness (QED) is 0.457. The zero-order chi connectivity index (χ0) is 7.28. The van der Waals surface area contributed by atoms with E-state index in [9.17, 15) is 0 Å². The van der Waals surface area contributed by atoms with Crippen molar-refractivity contribution in [3.63, 3.8) is 0 Å². The molecule has 0 aliphatic rings. The third-order valence-corrected chi connectivity index (χ3v) is 0.605. The van der Waals surface area contributed by atoms with Crippen LogP contribution in [0.15, 0.2) is 10.3 Å². The van der Waals surface area contributed by atoms with Gasteiger partial charge in [-0.25, -0.2) is 0 Å². The zero-order valence-corrected chi connectivity index (χ0v) is 6.55. The van der Waals surface area contributed by atoms with Gasteiger partial charge in [0.15, 0.2) is 0 Å². The van der Waals surface area contributed by atoms with Crippen LogP contribution in [0.1, 0.15) is 27.7 Å². The molecule has 0 amide bonds. The van der Waals surface area contributed by atoms with Crippen LogP contribution in [0.5, 0.6) is 0 Å². The summed E-state index contributed by atoms with van der Waals surface area (Å²) in [6.07, 6.45) is 0. The summed E-state index contributed by atoms with van der Waals surface area (Å²) < 4.78 is 0. The maximum Gasteiger partial charge on any atom is 0.0673 e. The summed E-state index contributed by atoms with van der Waals surface area (Å²) in [5.41, 5.74) is 2.84. The van der Waals surface area contributed by atoms with E-state index in [1.807, 2.05) is 27.7 Å². The normalized spacial score (nSPS) is 11.8. The molecule has 0 aromatic rings. The summed E-state index contributed by atoms with van der Waals surface area (Å²) in [6, 6.07) is 0.670. The lowest BCUT2D eigenvalue weighted by atomic mass is 10.4. The van der Waals surface area contributed by atoms with Gasteiger partial charge >= 0.3 is 0 Å². The Labute approximate surface area is 56.5 Å². The third kappa shape index (κ3) is 7.40. The molecule has 3 nitrogen and oxygen atoms in total. The molecule has 0 rings (SSSR count). The Hall–Kier alpha value is -0.600. The Morgan fingerprint density at radius 3 is 2.00 bits per heavy atom. The highest BCUT2D eigenvalue weighted by Crippen LogP contribution is 1.85. The van der Waals surface area contributed by atoms with Crippen molar-refractivity contribution in [3.8, 4) is 0 Å². The summed E-state index contributed by atoms with van der Waals surface area (Å²) in [5.74, 6) is 0. The van der Waals surface area contributed by atoms with Gasteiger partial charge in [-0.15, -0.1) is 0 Å². The van der Waals surface area contributed by atoms with Crippen LogP contribution in [-0.4, -0.2) is 12.1 Å². The van der Waals surface area contributed by atoms with Gasteiger partial charge in [0.25, 0.3) is 0 Å². The summed E-state index contributed by atoms with van der Waals surface area (Å²) in [6.45, 7) is 8.04. The molecule has 0 spiro atoms. The lowest BCUT2D eigenvalue weighted by Crippen LogP contribution is -2.15. The van der Waals surface area contributed by atoms with Gasteiger partial charge in [-0.3, -0.25) is 5.43 Å². The highest BCUT2D eigenvalue weighted by molar-refractivity contribution is 4.46. The maximum atomic E-state index is 3.88. The monoisotopic (exact) mass is 129 g/mol. The Morgan fingerprint density at radius 2 is 1.67 bits per heavy atom. The molecule has 0 aromatic heterocycles. The van der Waals surface area contributed by atoms with Crippen molar-refractivity contribution in [3.05, 3.63) is 0 Å². The second-order valence-electron chi connectivity index (χ2n) is 2.59. The zero-order valence-electron chi connectivity index (χ0n) is 6.55. The molecule has 0 atom stereocenters. The van der Waals surface area contributed by atoms with Crippen LogP contribution >= 0.6 is 0 Å². The van der Waals surface area contributed by atoms with E-state index >= 15 is 0 Å². The Morgan fingerprint density at radius 1 is 1.11 bits per heavy atom. The van der Waals surface area contributed by atoms with E-state index in [4.69, 9.17) is 0 Å². The van der Waals surface area contributed by atoms with Crippen LogP contribution in [0.25, 0.3) is 0 Å². The summed E-state index contributed by atoms with van der Waals surface area (Å²) in [4.78, 5) is 0. The van der Waals surface area contributed by atoms with Gasteiger partial charge < -0.3 is 0 Å². The average molecular weight is 129 g/mol. The smallest absolute Gasteiger partial charge is 0.0673 e. The van der Waals surface area contributed by atoms with Crippen molar-refractivity contribution in [1.29, 1.82) is 0 Å². The first-order chi connectivity index (χ1) is 4.13. The predicted molar refractivity (Wildman–Crippen MR) is 38.3 cm³/mol. The highest BCUT2D eigenvalue weighted by Gasteiger charge is 1.86. The number of hydrogen-bond acceptors (Lipinski definition) is 2. The number of hydrogen-bond donors (Lipinski definition) is 1. The fourth-order valence-electron chi connectivity index (χ4n) is 0.264. The molecule has 0 aromatic carbocycles. The topological polar surface area (TPSA) is 36.8 Å². The molecule has 3 heteroatoms. The lowest BCUT2D eigenvalue weighted by molar-refractivity contribution is 0.562. The molecule has 9 heavy (non-hydrogen) atoms. The molecule has 54 valence electrons. The lowest BCUT2D eigenvalue weighted by Gasteiger charge is -2.00. The SMILES string of the molecule is CC(C)N=NNC(C)C. The summed E-state index contributed by atoms with van der Waals surface area (Å²) in [7, 11) is 0. The Bertz CT molecular complexity index is 86.3. The van der Waals surface area contributed by atoms with E-state index in [1.165, 1.54) is 0 Å². The molecule has 0 bridgehead atoms. The van der Waals surface area contributed by atoms with E-state index in [0.29, 0.717) is 6.04 Å². The first-order valence-corrected chi connectivity index (χ1v) is 3.28. The molecule has 0 fully saturated rings. The molecule has 0 saturated carbocycles. The van der Waals surface area contributed by atoms with E-state index in [2.05, 4.69) is 15.8 Å². The molecular weight excluding hydrogens is 114 g/mol. The summed E-state index contributed by atoms with van der Waals surface area (Å²) >= 11 is 0. The minimum Gasteiger partial charge on any atom is -0.289 e. The highest BCUT2D eigenvalue weighted by atomic mass is 15.4. The average Bonchev–Trinajstić information content (AvgIpc) is 1.63. The maximum absolute atomic E-state index is 3.88. The van der Waals surface area contributed by atoms with Crippen LogP contribution in [0.4, 0.5) is 0 Å². The number of rotatable bonds is 3. The molecule has 0 aliphatic heterocycles. The predicted octanol–water partition coefficient (Wildman–Crippen LogP) is 1.76. The van der Waals surface area contributed by atoms with Crippen LogP contribution in [0.2, 0.25) is 0 Å². The largest absolute Gasteiger partial charge is 0.289 e. The van der Waals surface area contributed by atoms with Crippen molar-refractivity contribution in [2.24, 2.45) is 10.3 Å². The van der Waals surface area contributed by atoms with Gasteiger partial charge in [0.05, 0.1) is 6.04 Å². The first-order valence-electron chi connectivity index (χ1n) is 3.28. The number of nitrogens with zero attached hydrogens (tertiary/aromatic N) is 2. The van der Waals surface area contributed by atoms with E-state index < -0.39 is 0 Å². The van der Waals surface area contributed by atoms with Gasteiger partial charge in [0, 0.05) is 6.04 Å². The van der Waals surface area contributed by atoms with Crippen molar-refractivity contribution in [1.82, 2.24) is 5.43 Å².